The highest BCUT2D eigenvalue weighted by atomic mass is 16.4. The number of hydrogen-bond acceptors (Lipinski definition) is 5. The van der Waals surface area contributed by atoms with Crippen molar-refractivity contribution in [1.82, 2.24) is 9.55 Å². The van der Waals surface area contributed by atoms with Crippen LogP contribution < -0.4 is 11.3 Å². The van der Waals surface area contributed by atoms with E-state index in [1.165, 1.54) is 24.5 Å². The lowest BCUT2D eigenvalue weighted by atomic mass is 10.2. The molecule has 0 unspecified atom stereocenters. The number of aromatic nitrogens is 2. The van der Waals surface area contributed by atoms with Gasteiger partial charge in [0.15, 0.2) is 5.58 Å². The first-order chi connectivity index (χ1) is 10.7. The molecule has 0 radical (unpaired) electrons. The van der Waals surface area contributed by atoms with Crippen molar-refractivity contribution in [3.63, 3.8) is 0 Å². The van der Waals surface area contributed by atoms with E-state index in [2.05, 4.69) is 4.98 Å². The molecule has 0 bridgehead atoms. The van der Waals surface area contributed by atoms with Gasteiger partial charge in [-0.2, -0.15) is 4.57 Å². The fraction of sp³-hybridized carbons (Fsp3) is 0. The van der Waals surface area contributed by atoms with Gasteiger partial charge in [-0.25, -0.2) is 4.79 Å². The summed E-state index contributed by atoms with van der Waals surface area (Å²) in [6.45, 7) is 0. The second-order valence-corrected chi connectivity index (χ2v) is 4.46. The molecule has 0 amide bonds. The van der Waals surface area contributed by atoms with Gasteiger partial charge in [0.25, 0.3) is 11.5 Å². The van der Waals surface area contributed by atoms with E-state index in [-0.39, 0.29) is 11.0 Å². The third-order valence-corrected chi connectivity index (χ3v) is 3.04. The molecule has 0 aliphatic carbocycles. The normalized spacial score (nSPS) is 11.1. The number of carbonyl (C=O) groups is 1. The minimum Gasteiger partial charge on any atom is -0.407 e. The number of allylic oxidation sites excluding steroid dienone is 1. The molecule has 2 heterocycles. The van der Waals surface area contributed by atoms with Crippen LogP contribution in [0.1, 0.15) is 10.4 Å². The Morgan fingerprint density at radius 2 is 1.91 bits per heavy atom. The van der Waals surface area contributed by atoms with Crippen molar-refractivity contribution < 1.29 is 9.21 Å². The molecule has 6 nitrogen and oxygen atoms in total. The van der Waals surface area contributed by atoms with Crippen molar-refractivity contribution in [2.24, 2.45) is 0 Å². The maximum Gasteiger partial charge on any atom is 0.429 e. The molecule has 22 heavy (non-hydrogen) atoms. The van der Waals surface area contributed by atoms with Crippen LogP contribution in [0.3, 0.4) is 0 Å². The quantitative estimate of drug-likeness (QED) is 0.672. The van der Waals surface area contributed by atoms with Crippen LogP contribution >= 0.6 is 0 Å². The predicted molar refractivity (Wildman–Crippen MR) is 80.6 cm³/mol. The molecule has 0 saturated heterocycles. The van der Waals surface area contributed by atoms with Gasteiger partial charge in [-0.1, -0.05) is 30.3 Å². The summed E-state index contributed by atoms with van der Waals surface area (Å²) in [5.74, 6) is -1.80. The van der Waals surface area contributed by atoms with Crippen molar-refractivity contribution in [1.29, 1.82) is 0 Å². The zero-order chi connectivity index (χ0) is 15.5. The van der Waals surface area contributed by atoms with E-state index in [9.17, 15) is 14.4 Å². The van der Waals surface area contributed by atoms with Crippen LogP contribution in [0.25, 0.3) is 17.0 Å². The average molecular weight is 294 g/mol. The molecule has 2 aromatic heterocycles. The van der Waals surface area contributed by atoms with Crippen molar-refractivity contribution in [2.75, 3.05) is 0 Å². The monoisotopic (exact) mass is 294 g/mol. The van der Waals surface area contributed by atoms with E-state index in [4.69, 9.17) is 4.42 Å². The fourth-order valence-corrected chi connectivity index (χ4v) is 1.98. The highest BCUT2D eigenvalue weighted by Gasteiger charge is 2.13. The van der Waals surface area contributed by atoms with E-state index >= 15 is 0 Å². The Balaban J connectivity index is 2.07. The number of rotatable bonds is 2. The van der Waals surface area contributed by atoms with Gasteiger partial charge in [0, 0.05) is 12.3 Å². The third-order valence-electron chi connectivity index (χ3n) is 3.04. The minimum absolute atomic E-state index is 0.0496. The van der Waals surface area contributed by atoms with Crippen LogP contribution in [0.15, 0.2) is 68.9 Å². The molecule has 108 valence electrons. The van der Waals surface area contributed by atoms with Crippen molar-refractivity contribution in [2.45, 2.75) is 0 Å². The summed E-state index contributed by atoms with van der Waals surface area (Å²) in [5.41, 5.74) is 0.100. The molecule has 0 saturated carbocycles. The van der Waals surface area contributed by atoms with Crippen molar-refractivity contribution >= 4 is 23.0 Å². The van der Waals surface area contributed by atoms with E-state index in [0.717, 1.165) is 11.6 Å². The highest BCUT2D eigenvalue weighted by molar-refractivity contribution is 5.94. The Bertz CT molecular complexity index is 984. The number of hydrogen-bond donors (Lipinski definition) is 0. The minimum atomic E-state index is -1.03. The zero-order valence-electron chi connectivity index (χ0n) is 11.3. The lowest BCUT2D eigenvalue weighted by Gasteiger charge is -2.00. The van der Waals surface area contributed by atoms with E-state index < -0.39 is 17.2 Å². The van der Waals surface area contributed by atoms with E-state index in [1.807, 2.05) is 18.2 Å². The summed E-state index contributed by atoms with van der Waals surface area (Å²) in [4.78, 5) is 39.9. The van der Waals surface area contributed by atoms with Crippen LogP contribution in [-0.4, -0.2) is 15.5 Å². The second kappa shape index (κ2) is 5.61. The van der Waals surface area contributed by atoms with Crippen LogP contribution in [0, 0.1) is 0 Å². The Morgan fingerprint density at radius 1 is 1.14 bits per heavy atom. The first-order valence-corrected chi connectivity index (χ1v) is 6.44. The van der Waals surface area contributed by atoms with Crippen LogP contribution in [-0.2, 0) is 0 Å². The van der Waals surface area contributed by atoms with Gasteiger partial charge in [0.2, 0.25) is 0 Å². The van der Waals surface area contributed by atoms with E-state index in [1.54, 1.807) is 12.1 Å². The van der Waals surface area contributed by atoms with Gasteiger partial charge >= 0.3 is 5.76 Å². The summed E-state index contributed by atoms with van der Waals surface area (Å²) in [6, 6.07) is 10.4. The third kappa shape index (κ3) is 2.49. The fourth-order valence-electron chi connectivity index (χ4n) is 1.98. The Hall–Kier alpha value is -3.28. The maximum absolute atomic E-state index is 12.2. The number of benzene rings is 1. The molecule has 0 N–H and O–H groups in total. The lowest BCUT2D eigenvalue weighted by Crippen LogP contribution is -2.36. The number of carbonyl (C=O) groups excluding carboxylic acids is 1. The molecule has 0 atom stereocenters. The predicted octanol–water partition coefficient (Wildman–Crippen LogP) is 1.70. The molecule has 0 spiro atoms. The molecule has 0 aliphatic rings. The van der Waals surface area contributed by atoms with Crippen LogP contribution in [0.2, 0.25) is 0 Å². The number of pyridine rings is 1. The standard InChI is InChI=1S/C16H10N2O4/c19-14(7-6-11-4-2-1-3-5-11)18-15(20)12-8-9-17-10-13(12)22-16(18)21/h1-10H/b7-6+. The largest absolute Gasteiger partial charge is 0.429 e. The summed E-state index contributed by atoms with van der Waals surface area (Å²) < 4.78 is 5.40. The van der Waals surface area contributed by atoms with Gasteiger partial charge in [0.05, 0.1) is 11.6 Å². The first kappa shape index (κ1) is 13.7. The number of fused-ring (bicyclic) bond motifs is 1. The zero-order valence-corrected chi connectivity index (χ0v) is 11.3. The molecular formula is C16H10N2O4. The average Bonchev–Trinajstić information content (AvgIpc) is 2.54. The Morgan fingerprint density at radius 3 is 2.68 bits per heavy atom. The molecule has 0 fully saturated rings. The summed E-state index contributed by atoms with van der Waals surface area (Å²) in [5, 5.41) is 0.121. The van der Waals surface area contributed by atoms with Gasteiger partial charge < -0.3 is 4.42 Å². The SMILES string of the molecule is O=C(/C=C/c1ccccc1)n1c(=O)oc2cnccc2c1=O. The molecule has 1 aromatic carbocycles. The van der Waals surface area contributed by atoms with Gasteiger partial charge in [-0.15, -0.1) is 0 Å². The summed E-state index contributed by atoms with van der Waals surface area (Å²) in [7, 11) is 0. The highest BCUT2D eigenvalue weighted by Crippen LogP contribution is 2.04. The lowest BCUT2D eigenvalue weighted by molar-refractivity contribution is 0.0953. The van der Waals surface area contributed by atoms with Crippen molar-refractivity contribution in [3.8, 4) is 0 Å². The topological polar surface area (TPSA) is 82.2 Å². The molecule has 3 aromatic rings. The summed E-state index contributed by atoms with van der Waals surface area (Å²) in [6.07, 6.45) is 5.32. The Kier molecular flexibility index (Phi) is 3.49. The summed E-state index contributed by atoms with van der Waals surface area (Å²) >= 11 is 0. The number of nitrogens with zero attached hydrogens (tertiary/aromatic N) is 2. The molecule has 0 aliphatic heterocycles. The van der Waals surface area contributed by atoms with Crippen LogP contribution in [0.4, 0.5) is 0 Å². The smallest absolute Gasteiger partial charge is 0.407 e. The molecule has 3 rings (SSSR count). The van der Waals surface area contributed by atoms with Crippen LogP contribution in [0.5, 0.6) is 0 Å². The maximum atomic E-state index is 12.2. The second-order valence-electron chi connectivity index (χ2n) is 4.46. The van der Waals surface area contributed by atoms with Gasteiger partial charge in [-0.05, 0) is 17.7 Å². The van der Waals surface area contributed by atoms with Crippen molar-refractivity contribution in [3.05, 3.63) is 81.3 Å². The van der Waals surface area contributed by atoms with Gasteiger partial charge in [0.1, 0.15) is 0 Å². The first-order valence-electron chi connectivity index (χ1n) is 6.44. The molecular weight excluding hydrogens is 284 g/mol. The Labute approximate surface area is 124 Å². The van der Waals surface area contributed by atoms with Gasteiger partial charge in [-0.3, -0.25) is 14.6 Å². The van der Waals surface area contributed by atoms with E-state index in [0.29, 0.717) is 4.57 Å². The molecule has 6 heteroatoms.